The van der Waals surface area contributed by atoms with Crippen molar-refractivity contribution in [2.24, 2.45) is 0 Å². The van der Waals surface area contributed by atoms with E-state index in [1.807, 2.05) is 6.07 Å². The summed E-state index contributed by atoms with van der Waals surface area (Å²) in [7, 11) is 0. The number of hydrogen-bond acceptors (Lipinski definition) is 6. The second-order valence-corrected chi connectivity index (χ2v) is 6.24. The van der Waals surface area contributed by atoms with Crippen LogP contribution in [0.15, 0.2) is 48.5 Å². The molecule has 2 aromatic carbocycles. The Morgan fingerprint density at radius 1 is 1.11 bits per heavy atom. The molecule has 8 heteroatoms. The Bertz CT molecular complexity index is 1060. The van der Waals surface area contributed by atoms with Crippen LogP contribution in [0.3, 0.4) is 0 Å². The first-order chi connectivity index (χ1) is 13.5. The number of nitrogens with one attached hydrogen (secondary N) is 2. The Morgan fingerprint density at radius 2 is 1.86 bits per heavy atom. The van der Waals surface area contributed by atoms with Gasteiger partial charge in [-0.25, -0.2) is 9.97 Å². The molecule has 0 fully saturated rings. The second-order valence-electron chi connectivity index (χ2n) is 5.88. The summed E-state index contributed by atoms with van der Waals surface area (Å²) in [5.74, 6) is 1.61. The predicted molar refractivity (Wildman–Crippen MR) is 105 cm³/mol. The molecule has 0 radical (unpaired) electrons. The van der Waals surface area contributed by atoms with Crippen LogP contribution in [0.5, 0.6) is 11.5 Å². The van der Waals surface area contributed by atoms with Gasteiger partial charge >= 0.3 is 0 Å². The minimum atomic E-state index is -0.364. The fraction of sp³-hybridized carbons (Fsp3) is 0.100. The van der Waals surface area contributed by atoms with Crippen molar-refractivity contribution in [3.63, 3.8) is 0 Å². The highest BCUT2D eigenvalue weighted by Crippen LogP contribution is 2.23. The molecule has 28 heavy (non-hydrogen) atoms. The van der Waals surface area contributed by atoms with Gasteiger partial charge in [-0.15, -0.1) is 0 Å². The summed E-state index contributed by atoms with van der Waals surface area (Å²) in [6.07, 6.45) is 0. The van der Waals surface area contributed by atoms with Crippen molar-refractivity contribution in [1.29, 1.82) is 5.26 Å². The van der Waals surface area contributed by atoms with Crippen LogP contribution in [0, 0.1) is 25.2 Å². The molecule has 0 bridgehead atoms. The summed E-state index contributed by atoms with van der Waals surface area (Å²) in [5, 5.41) is 9.16. The van der Waals surface area contributed by atoms with Crippen LogP contribution in [-0.4, -0.2) is 15.9 Å². The smallest absolute Gasteiger partial charge is 0.269 e. The van der Waals surface area contributed by atoms with Gasteiger partial charge in [0.15, 0.2) is 5.82 Å². The van der Waals surface area contributed by atoms with Crippen molar-refractivity contribution in [1.82, 2.24) is 15.4 Å². The van der Waals surface area contributed by atoms with E-state index in [4.69, 9.17) is 21.6 Å². The SMILES string of the molecule is Cc1nc(Cl)c(C)c(NNC(=O)c2cccc(Oc3ccc(C#N)cc3)c2)n1. The van der Waals surface area contributed by atoms with E-state index in [2.05, 4.69) is 20.8 Å². The molecule has 1 aromatic heterocycles. The number of nitriles is 1. The average Bonchev–Trinajstić information content (AvgIpc) is 2.70. The van der Waals surface area contributed by atoms with Crippen LogP contribution in [0.2, 0.25) is 5.15 Å². The summed E-state index contributed by atoms with van der Waals surface area (Å²) in [4.78, 5) is 20.7. The number of amides is 1. The highest BCUT2D eigenvalue weighted by molar-refractivity contribution is 6.30. The quantitative estimate of drug-likeness (QED) is 0.498. The maximum absolute atomic E-state index is 12.4. The van der Waals surface area contributed by atoms with Gasteiger partial charge in [-0.3, -0.25) is 15.6 Å². The Hall–Kier alpha value is -3.63. The lowest BCUT2D eigenvalue weighted by Gasteiger charge is -2.12. The zero-order chi connectivity index (χ0) is 20.1. The highest BCUT2D eigenvalue weighted by atomic mass is 35.5. The van der Waals surface area contributed by atoms with Crippen molar-refractivity contribution < 1.29 is 9.53 Å². The average molecular weight is 394 g/mol. The van der Waals surface area contributed by atoms with Crippen molar-refractivity contribution in [2.75, 3.05) is 5.43 Å². The number of carbonyl (C=O) groups is 1. The molecule has 0 saturated heterocycles. The zero-order valence-corrected chi connectivity index (χ0v) is 15.9. The third-order valence-electron chi connectivity index (χ3n) is 3.81. The summed E-state index contributed by atoms with van der Waals surface area (Å²) in [6.45, 7) is 3.46. The number of hydrazine groups is 1. The molecule has 0 aliphatic heterocycles. The van der Waals surface area contributed by atoms with Crippen LogP contribution >= 0.6 is 11.6 Å². The first-order valence-corrected chi connectivity index (χ1v) is 8.69. The van der Waals surface area contributed by atoms with Gasteiger partial charge in [0, 0.05) is 11.1 Å². The van der Waals surface area contributed by atoms with Crippen LogP contribution in [0.1, 0.15) is 27.3 Å². The van der Waals surface area contributed by atoms with E-state index < -0.39 is 0 Å². The van der Waals surface area contributed by atoms with E-state index in [0.29, 0.717) is 45.0 Å². The number of anilines is 1. The molecule has 1 amide bonds. The van der Waals surface area contributed by atoms with E-state index in [-0.39, 0.29) is 5.91 Å². The molecular weight excluding hydrogens is 378 g/mol. The highest BCUT2D eigenvalue weighted by Gasteiger charge is 2.11. The molecule has 2 N–H and O–H groups in total. The van der Waals surface area contributed by atoms with Gasteiger partial charge in [0.2, 0.25) is 0 Å². The standard InChI is InChI=1S/C20H16ClN5O2/c1-12-18(21)23-13(2)24-19(12)25-26-20(27)15-4-3-5-17(10-15)28-16-8-6-14(11-22)7-9-16/h3-10H,1-2H3,(H,26,27)(H,23,24,25). The topological polar surface area (TPSA) is 99.9 Å². The second kappa shape index (κ2) is 8.37. The molecule has 140 valence electrons. The van der Waals surface area contributed by atoms with Crippen LogP contribution in [-0.2, 0) is 0 Å². The predicted octanol–water partition coefficient (Wildman–Crippen LogP) is 4.17. The summed E-state index contributed by atoms with van der Waals surface area (Å²) < 4.78 is 5.73. The molecule has 0 aliphatic rings. The van der Waals surface area contributed by atoms with E-state index in [1.54, 1.807) is 62.4 Å². The monoisotopic (exact) mass is 393 g/mol. The van der Waals surface area contributed by atoms with Crippen LogP contribution in [0.25, 0.3) is 0 Å². The Kier molecular flexibility index (Phi) is 5.72. The van der Waals surface area contributed by atoms with Gasteiger partial charge in [0.25, 0.3) is 5.91 Å². The first kappa shape index (κ1) is 19.1. The lowest BCUT2D eigenvalue weighted by atomic mass is 10.2. The number of aryl methyl sites for hydroxylation is 1. The van der Waals surface area contributed by atoms with Crippen molar-refractivity contribution in [3.8, 4) is 17.6 Å². The van der Waals surface area contributed by atoms with E-state index in [9.17, 15) is 4.79 Å². The lowest BCUT2D eigenvalue weighted by Crippen LogP contribution is -2.30. The number of hydrogen-bond donors (Lipinski definition) is 2. The van der Waals surface area contributed by atoms with Gasteiger partial charge in [-0.1, -0.05) is 17.7 Å². The molecule has 3 aromatic rings. The number of nitrogens with zero attached hydrogens (tertiary/aromatic N) is 3. The largest absolute Gasteiger partial charge is 0.457 e. The Labute approximate surface area is 166 Å². The molecule has 3 rings (SSSR count). The lowest BCUT2D eigenvalue weighted by molar-refractivity contribution is 0.0962. The van der Waals surface area contributed by atoms with E-state index >= 15 is 0 Å². The van der Waals surface area contributed by atoms with Crippen molar-refractivity contribution in [3.05, 3.63) is 76.2 Å². The molecular formula is C20H16ClN5O2. The fourth-order valence-electron chi connectivity index (χ4n) is 2.34. The summed E-state index contributed by atoms with van der Waals surface area (Å²) >= 11 is 6.03. The molecule has 0 aliphatic carbocycles. The molecule has 1 heterocycles. The van der Waals surface area contributed by atoms with Crippen LogP contribution in [0.4, 0.5) is 5.82 Å². The number of rotatable bonds is 5. The van der Waals surface area contributed by atoms with Gasteiger partial charge in [-0.05, 0) is 56.3 Å². The molecule has 0 unspecified atom stereocenters. The normalized spacial score (nSPS) is 10.1. The number of halogens is 1. The van der Waals surface area contributed by atoms with E-state index in [1.165, 1.54) is 0 Å². The minimum absolute atomic E-state index is 0.321. The maximum Gasteiger partial charge on any atom is 0.269 e. The van der Waals surface area contributed by atoms with Gasteiger partial charge in [0.1, 0.15) is 22.5 Å². The molecule has 0 spiro atoms. The third-order valence-corrected chi connectivity index (χ3v) is 4.18. The minimum Gasteiger partial charge on any atom is -0.457 e. The van der Waals surface area contributed by atoms with Crippen molar-refractivity contribution >= 4 is 23.3 Å². The molecule has 0 saturated carbocycles. The van der Waals surface area contributed by atoms with Gasteiger partial charge in [0.05, 0.1) is 11.6 Å². The first-order valence-electron chi connectivity index (χ1n) is 8.31. The summed E-state index contributed by atoms with van der Waals surface area (Å²) in [6, 6.07) is 15.5. The number of ether oxygens (including phenoxy) is 1. The third kappa shape index (κ3) is 4.55. The van der Waals surface area contributed by atoms with Gasteiger partial charge < -0.3 is 4.74 Å². The van der Waals surface area contributed by atoms with E-state index in [0.717, 1.165) is 0 Å². The van der Waals surface area contributed by atoms with Crippen molar-refractivity contribution in [2.45, 2.75) is 13.8 Å². The maximum atomic E-state index is 12.4. The number of carbonyl (C=O) groups excluding carboxylic acids is 1. The number of benzene rings is 2. The molecule has 0 atom stereocenters. The number of aromatic nitrogens is 2. The summed E-state index contributed by atoms with van der Waals surface area (Å²) in [5.41, 5.74) is 6.93. The van der Waals surface area contributed by atoms with Crippen LogP contribution < -0.4 is 15.6 Å². The zero-order valence-electron chi connectivity index (χ0n) is 15.2. The van der Waals surface area contributed by atoms with Gasteiger partial charge in [-0.2, -0.15) is 5.26 Å². The Morgan fingerprint density at radius 3 is 2.57 bits per heavy atom. The Balaban J connectivity index is 1.69. The fourth-order valence-corrected chi connectivity index (χ4v) is 2.55. The molecule has 7 nitrogen and oxygen atoms in total.